The molecule has 0 aliphatic rings. The molecular weight excluding hydrogens is 372 g/mol. The van der Waals surface area contributed by atoms with Crippen LogP contribution in [0.15, 0.2) is 53.4 Å². The van der Waals surface area contributed by atoms with E-state index in [1.807, 2.05) is 26.0 Å². The molecule has 6 heteroatoms. The van der Waals surface area contributed by atoms with Gasteiger partial charge in [0.1, 0.15) is 6.54 Å². The van der Waals surface area contributed by atoms with Crippen molar-refractivity contribution in [2.75, 3.05) is 17.4 Å². The summed E-state index contributed by atoms with van der Waals surface area (Å²) >= 11 is 0. The van der Waals surface area contributed by atoms with Crippen molar-refractivity contribution in [2.45, 2.75) is 51.3 Å². The van der Waals surface area contributed by atoms with Gasteiger partial charge in [0.2, 0.25) is 5.91 Å². The molecule has 1 amide bonds. The molecular formula is C22H30N2O3S. The summed E-state index contributed by atoms with van der Waals surface area (Å²) in [6.45, 7) is 6.35. The monoisotopic (exact) mass is 402 g/mol. The van der Waals surface area contributed by atoms with Crippen molar-refractivity contribution in [3.8, 4) is 0 Å². The summed E-state index contributed by atoms with van der Waals surface area (Å²) in [6, 6.07) is 14.0. The van der Waals surface area contributed by atoms with Crippen molar-refractivity contribution >= 4 is 21.6 Å². The zero-order valence-electron chi connectivity index (χ0n) is 16.9. The van der Waals surface area contributed by atoms with E-state index in [-0.39, 0.29) is 17.3 Å². The summed E-state index contributed by atoms with van der Waals surface area (Å²) in [5.41, 5.74) is 2.58. The smallest absolute Gasteiger partial charge is 0.264 e. The third-order valence-corrected chi connectivity index (χ3v) is 6.42. The maximum Gasteiger partial charge on any atom is 0.264 e. The summed E-state index contributed by atoms with van der Waals surface area (Å²) in [6.07, 6.45) is 3.85. The highest BCUT2D eigenvalue weighted by Gasteiger charge is 2.27. The van der Waals surface area contributed by atoms with Crippen LogP contribution >= 0.6 is 0 Å². The van der Waals surface area contributed by atoms with Crippen molar-refractivity contribution in [1.82, 2.24) is 5.32 Å². The number of sulfonamides is 1. The van der Waals surface area contributed by atoms with Crippen LogP contribution in [0.3, 0.4) is 0 Å². The lowest BCUT2D eigenvalue weighted by atomic mass is 10.1. The normalized spacial score (nSPS) is 11.2. The Morgan fingerprint density at radius 1 is 0.964 bits per heavy atom. The number of benzene rings is 2. The van der Waals surface area contributed by atoms with Gasteiger partial charge in [-0.05, 0) is 49.6 Å². The third-order valence-electron chi connectivity index (χ3n) is 4.63. The number of aryl methyl sites for hydroxylation is 2. The number of amides is 1. The minimum Gasteiger partial charge on any atom is -0.355 e. The van der Waals surface area contributed by atoms with Crippen molar-refractivity contribution in [3.05, 3.63) is 59.7 Å². The summed E-state index contributed by atoms with van der Waals surface area (Å²) in [4.78, 5) is 12.6. The first-order valence-corrected chi connectivity index (χ1v) is 11.3. The fourth-order valence-corrected chi connectivity index (χ4v) is 4.26. The molecule has 1 N–H and O–H groups in total. The van der Waals surface area contributed by atoms with Gasteiger partial charge in [0, 0.05) is 6.54 Å². The van der Waals surface area contributed by atoms with Gasteiger partial charge in [-0.25, -0.2) is 8.42 Å². The van der Waals surface area contributed by atoms with Crippen LogP contribution in [0.5, 0.6) is 0 Å². The maximum atomic E-state index is 13.3. The average molecular weight is 403 g/mol. The molecule has 5 nitrogen and oxygen atoms in total. The standard InChI is InChI=1S/C22H30N2O3S/c1-4-6-7-16-23-22(25)17-24(20-12-10-19(5-2)11-13-20)28(26,27)21-14-8-18(3)9-15-21/h8-15H,4-7,16-17H2,1-3H3,(H,23,25). The summed E-state index contributed by atoms with van der Waals surface area (Å²) < 4.78 is 27.7. The minimum atomic E-state index is -3.85. The molecule has 152 valence electrons. The number of carbonyl (C=O) groups is 1. The van der Waals surface area contributed by atoms with E-state index in [0.717, 1.165) is 36.8 Å². The number of hydrogen-bond acceptors (Lipinski definition) is 3. The summed E-state index contributed by atoms with van der Waals surface area (Å²) in [5, 5.41) is 2.83. The molecule has 2 aromatic carbocycles. The summed E-state index contributed by atoms with van der Waals surface area (Å²) in [7, 11) is -3.85. The number of unbranched alkanes of at least 4 members (excludes halogenated alkanes) is 2. The van der Waals surface area contributed by atoms with E-state index < -0.39 is 10.0 Å². The summed E-state index contributed by atoms with van der Waals surface area (Å²) in [5.74, 6) is -0.300. The number of nitrogens with one attached hydrogen (secondary N) is 1. The topological polar surface area (TPSA) is 66.5 Å². The van der Waals surface area contributed by atoms with Crippen LogP contribution in [0.4, 0.5) is 5.69 Å². The van der Waals surface area contributed by atoms with Gasteiger partial charge in [-0.2, -0.15) is 0 Å². The van der Waals surface area contributed by atoms with E-state index in [4.69, 9.17) is 0 Å². The van der Waals surface area contributed by atoms with Crippen LogP contribution in [0.25, 0.3) is 0 Å². The molecule has 0 aliphatic heterocycles. The molecule has 0 bridgehead atoms. The molecule has 0 unspecified atom stereocenters. The highest BCUT2D eigenvalue weighted by molar-refractivity contribution is 7.92. The van der Waals surface area contributed by atoms with Crippen LogP contribution in [0.2, 0.25) is 0 Å². The van der Waals surface area contributed by atoms with Crippen molar-refractivity contribution < 1.29 is 13.2 Å². The Morgan fingerprint density at radius 2 is 1.61 bits per heavy atom. The van der Waals surface area contributed by atoms with E-state index in [9.17, 15) is 13.2 Å². The molecule has 0 saturated heterocycles. The van der Waals surface area contributed by atoms with Crippen molar-refractivity contribution in [2.24, 2.45) is 0 Å². The van der Waals surface area contributed by atoms with E-state index >= 15 is 0 Å². The number of anilines is 1. The Balaban J connectivity index is 2.29. The molecule has 0 heterocycles. The second-order valence-corrected chi connectivity index (χ2v) is 8.76. The first-order valence-electron chi connectivity index (χ1n) is 9.83. The van der Waals surface area contributed by atoms with E-state index in [1.54, 1.807) is 36.4 Å². The van der Waals surface area contributed by atoms with Crippen LogP contribution < -0.4 is 9.62 Å². The van der Waals surface area contributed by atoms with Gasteiger partial charge in [-0.15, -0.1) is 0 Å². The maximum absolute atomic E-state index is 13.3. The lowest BCUT2D eigenvalue weighted by Crippen LogP contribution is -2.41. The van der Waals surface area contributed by atoms with Gasteiger partial charge in [0.25, 0.3) is 10.0 Å². The lowest BCUT2D eigenvalue weighted by molar-refractivity contribution is -0.119. The molecule has 0 saturated carbocycles. The third kappa shape index (κ3) is 5.83. The van der Waals surface area contributed by atoms with Crippen LogP contribution in [-0.2, 0) is 21.2 Å². The Hall–Kier alpha value is -2.34. The van der Waals surface area contributed by atoms with E-state index in [0.29, 0.717) is 12.2 Å². The van der Waals surface area contributed by atoms with Gasteiger partial charge in [0.15, 0.2) is 0 Å². The molecule has 0 aliphatic carbocycles. The van der Waals surface area contributed by atoms with Crippen molar-refractivity contribution in [3.63, 3.8) is 0 Å². The van der Waals surface area contributed by atoms with Crippen molar-refractivity contribution in [1.29, 1.82) is 0 Å². The van der Waals surface area contributed by atoms with Crippen LogP contribution in [-0.4, -0.2) is 27.4 Å². The largest absolute Gasteiger partial charge is 0.355 e. The number of nitrogens with zero attached hydrogens (tertiary/aromatic N) is 1. The second-order valence-electron chi connectivity index (χ2n) is 6.90. The zero-order chi connectivity index (χ0) is 20.6. The van der Waals surface area contributed by atoms with Crippen LogP contribution in [0, 0.1) is 6.92 Å². The first kappa shape index (κ1) is 22.0. The number of carbonyl (C=O) groups excluding carboxylic acids is 1. The Labute approximate surface area is 168 Å². The Morgan fingerprint density at radius 3 is 2.18 bits per heavy atom. The molecule has 2 aromatic rings. The molecule has 0 fully saturated rings. The lowest BCUT2D eigenvalue weighted by Gasteiger charge is -2.24. The quantitative estimate of drug-likeness (QED) is 0.610. The van der Waals surface area contributed by atoms with Gasteiger partial charge >= 0.3 is 0 Å². The fourth-order valence-electron chi connectivity index (χ4n) is 2.84. The SMILES string of the molecule is CCCCCNC(=O)CN(c1ccc(CC)cc1)S(=O)(=O)c1ccc(C)cc1. The predicted octanol–water partition coefficient (Wildman–Crippen LogP) is 4.06. The molecule has 28 heavy (non-hydrogen) atoms. The molecule has 0 spiro atoms. The second kappa shape index (κ2) is 10.3. The molecule has 2 rings (SSSR count). The molecule has 0 atom stereocenters. The van der Waals surface area contributed by atoms with Gasteiger partial charge < -0.3 is 5.32 Å². The average Bonchev–Trinajstić information content (AvgIpc) is 2.70. The predicted molar refractivity (Wildman–Crippen MR) is 114 cm³/mol. The minimum absolute atomic E-state index is 0.177. The van der Waals surface area contributed by atoms with Gasteiger partial charge in [-0.1, -0.05) is 56.5 Å². The first-order chi connectivity index (χ1) is 13.4. The fraction of sp³-hybridized carbons (Fsp3) is 0.409. The van der Waals surface area contributed by atoms with Gasteiger partial charge in [0.05, 0.1) is 10.6 Å². The van der Waals surface area contributed by atoms with Crippen LogP contribution in [0.1, 0.15) is 44.2 Å². The zero-order valence-corrected chi connectivity index (χ0v) is 17.8. The Kier molecular flexibility index (Phi) is 8.05. The van der Waals surface area contributed by atoms with E-state index in [2.05, 4.69) is 12.2 Å². The van der Waals surface area contributed by atoms with E-state index in [1.165, 1.54) is 4.31 Å². The number of hydrogen-bond donors (Lipinski definition) is 1. The highest BCUT2D eigenvalue weighted by Crippen LogP contribution is 2.24. The molecule has 0 aromatic heterocycles. The highest BCUT2D eigenvalue weighted by atomic mass is 32.2. The van der Waals surface area contributed by atoms with Gasteiger partial charge in [-0.3, -0.25) is 9.10 Å². The Bertz CT molecular complexity index is 860. The number of rotatable bonds is 10. The molecule has 0 radical (unpaired) electrons.